The molecule has 2 heterocycles. The van der Waals surface area contributed by atoms with E-state index in [-0.39, 0.29) is 36.2 Å². The molecule has 0 aromatic heterocycles. The Kier molecular flexibility index (Phi) is 7.07. The first kappa shape index (κ1) is 23.6. The van der Waals surface area contributed by atoms with Gasteiger partial charge in [0, 0.05) is 47.4 Å². The smallest absolute Gasteiger partial charge is 0.256 e. The fourth-order valence-corrected chi connectivity index (χ4v) is 4.04. The van der Waals surface area contributed by atoms with Crippen molar-refractivity contribution in [2.45, 2.75) is 6.92 Å². The Hall–Kier alpha value is -3.52. The molecule has 0 atom stereocenters. The minimum absolute atomic E-state index is 0.0624. The third-order valence-electron chi connectivity index (χ3n) is 5.66. The van der Waals surface area contributed by atoms with Gasteiger partial charge in [0.1, 0.15) is 23.9 Å². The van der Waals surface area contributed by atoms with E-state index in [0.717, 1.165) is 17.2 Å². The van der Waals surface area contributed by atoms with Gasteiger partial charge in [-0.3, -0.25) is 9.59 Å². The predicted octanol–water partition coefficient (Wildman–Crippen LogP) is 3.88. The molecule has 3 N–H and O–H groups in total. The van der Waals surface area contributed by atoms with Crippen LogP contribution in [-0.4, -0.2) is 49.4 Å². The van der Waals surface area contributed by atoms with Gasteiger partial charge >= 0.3 is 0 Å². The zero-order valence-corrected chi connectivity index (χ0v) is 19.4. The summed E-state index contributed by atoms with van der Waals surface area (Å²) in [4.78, 5) is 26.0. The van der Waals surface area contributed by atoms with Crippen molar-refractivity contribution in [3.05, 3.63) is 70.7 Å². The van der Waals surface area contributed by atoms with Gasteiger partial charge in [-0.25, -0.2) is 4.39 Å². The van der Waals surface area contributed by atoms with Crippen LogP contribution in [0.2, 0.25) is 5.02 Å². The van der Waals surface area contributed by atoms with E-state index in [0.29, 0.717) is 36.2 Å². The van der Waals surface area contributed by atoms with Crippen LogP contribution in [0.4, 0.5) is 10.1 Å². The molecule has 1 fully saturated rings. The third kappa shape index (κ3) is 5.02. The molecule has 2 aromatic rings. The molecule has 7 nitrogen and oxygen atoms in total. The number of carbonyl (C=O) groups excluding carboxylic acids is 2. The Morgan fingerprint density at radius 3 is 2.85 bits per heavy atom. The van der Waals surface area contributed by atoms with E-state index in [1.54, 1.807) is 23.1 Å². The Labute approximate surface area is 202 Å². The number of nitrogens with one attached hydrogen (secondary N) is 1. The first-order valence-corrected chi connectivity index (χ1v) is 11.3. The van der Waals surface area contributed by atoms with Gasteiger partial charge in [0.05, 0.1) is 24.4 Å². The highest BCUT2D eigenvalue weighted by atomic mass is 35.5. The van der Waals surface area contributed by atoms with Crippen LogP contribution in [-0.2, 0) is 4.79 Å². The number of rotatable bonds is 6. The van der Waals surface area contributed by atoms with Crippen LogP contribution >= 0.6 is 11.6 Å². The maximum atomic E-state index is 14.6. The molecular weight excluding hydrogens is 461 g/mol. The summed E-state index contributed by atoms with van der Waals surface area (Å²) < 4.78 is 25.9. The van der Waals surface area contributed by atoms with Crippen molar-refractivity contribution in [1.82, 2.24) is 4.90 Å². The van der Waals surface area contributed by atoms with E-state index < -0.39 is 11.7 Å². The number of benzene rings is 2. The fraction of sp³-hybridized carbons (Fsp3) is 0.280. The van der Waals surface area contributed by atoms with Gasteiger partial charge in [0.25, 0.3) is 5.91 Å². The SMILES string of the molecule is C/C=C\C(=C/N)c1cc(Cl)ccc1OCC1CN(C(=O)c2cc3c(cc2F)OCC(=O)CN3)C1. The van der Waals surface area contributed by atoms with Gasteiger partial charge in [-0.2, -0.15) is 0 Å². The Morgan fingerprint density at radius 2 is 2.12 bits per heavy atom. The summed E-state index contributed by atoms with van der Waals surface area (Å²) in [6.07, 6.45) is 5.24. The van der Waals surface area contributed by atoms with Crippen molar-refractivity contribution in [2.75, 3.05) is 38.2 Å². The van der Waals surface area contributed by atoms with Crippen molar-refractivity contribution >= 4 is 34.6 Å². The van der Waals surface area contributed by atoms with Crippen LogP contribution in [0, 0.1) is 11.7 Å². The van der Waals surface area contributed by atoms with E-state index in [2.05, 4.69) is 5.32 Å². The summed E-state index contributed by atoms with van der Waals surface area (Å²) in [6.45, 7) is 3.09. The fourth-order valence-electron chi connectivity index (χ4n) is 3.87. The number of nitrogens with zero attached hydrogens (tertiary/aromatic N) is 1. The highest BCUT2D eigenvalue weighted by Crippen LogP contribution is 2.33. The summed E-state index contributed by atoms with van der Waals surface area (Å²) in [7, 11) is 0. The number of ketones is 1. The van der Waals surface area contributed by atoms with E-state index >= 15 is 0 Å². The second-order valence-electron chi connectivity index (χ2n) is 8.16. The minimum atomic E-state index is -0.685. The second-order valence-corrected chi connectivity index (χ2v) is 8.60. The number of fused-ring (bicyclic) bond motifs is 1. The van der Waals surface area contributed by atoms with Gasteiger partial charge in [0.15, 0.2) is 5.78 Å². The molecule has 1 amide bonds. The van der Waals surface area contributed by atoms with Gasteiger partial charge in [-0.1, -0.05) is 23.8 Å². The number of nitrogens with two attached hydrogens (primary N) is 1. The Morgan fingerprint density at radius 1 is 1.32 bits per heavy atom. The lowest BCUT2D eigenvalue weighted by molar-refractivity contribution is -0.119. The maximum absolute atomic E-state index is 14.6. The third-order valence-corrected chi connectivity index (χ3v) is 5.90. The number of amides is 1. The van der Waals surface area contributed by atoms with Crippen LogP contribution in [0.15, 0.2) is 48.7 Å². The summed E-state index contributed by atoms with van der Waals surface area (Å²) >= 11 is 6.15. The van der Waals surface area contributed by atoms with Crippen LogP contribution in [0.3, 0.4) is 0 Å². The molecule has 0 unspecified atom stereocenters. The summed E-state index contributed by atoms with van der Waals surface area (Å²) in [6, 6.07) is 7.87. The molecule has 4 rings (SSSR count). The van der Waals surface area contributed by atoms with E-state index in [4.69, 9.17) is 26.8 Å². The normalized spacial score (nSPS) is 16.4. The molecule has 34 heavy (non-hydrogen) atoms. The van der Waals surface area contributed by atoms with Crippen molar-refractivity contribution < 1.29 is 23.5 Å². The highest BCUT2D eigenvalue weighted by Gasteiger charge is 2.33. The molecule has 178 valence electrons. The van der Waals surface area contributed by atoms with Crippen molar-refractivity contribution in [1.29, 1.82) is 0 Å². The van der Waals surface area contributed by atoms with Crippen molar-refractivity contribution in [3.8, 4) is 11.5 Å². The number of anilines is 1. The predicted molar refractivity (Wildman–Crippen MR) is 129 cm³/mol. The van der Waals surface area contributed by atoms with E-state index in [1.165, 1.54) is 12.3 Å². The maximum Gasteiger partial charge on any atom is 0.256 e. The lowest BCUT2D eigenvalue weighted by Crippen LogP contribution is -2.52. The van der Waals surface area contributed by atoms with E-state index in [1.807, 2.05) is 19.1 Å². The Balaban J connectivity index is 1.39. The first-order chi connectivity index (χ1) is 16.4. The number of ether oxygens (including phenoxy) is 2. The summed E-state index contributed by atoms with van der Waals surface area (Å²) in [5.41, 5.74) is 7.69. The molecule has 0 bridgehead atoms. The lowest BCUT2D eigenvalue weighted by Gasteiger charge is -2.39. The van der Waals surface area contributed by atoms with Crippen LogP contribution in [0.1, 0.15) is 22.8 Å². The number of likely N-dealkylation sites (tertiary alicyclic amines) is 1. The molecule has 9 heteroatoms. The number of Topliss-reactive ketones (excluding diaryl/α,β-unsaturated/α-hetero) is 1. The molecule has 0 saturated carbocycles. The molecule has 0 spiro atoms. The number of halogens is 2. The highest BCUT2D eigenvalue weighted by molar-refractivity contribution is 6.30. The monoisotopic (exact) mass is 485 g/mol. The molecule has 2 aromatic carbocycles. The molecule has 1 saturated heterocycles. The summed E-state index contributed by atoms with van der Waals surface area (Å²) in [5, 5.41) is 3.46. The quantitative estimate of drug-likeness (QED) is 0.603. The molecular formula is C25H25ClFN3O4. The Bertz CT molecular complexity index is 1170. The van der Waals surface area contributed by atoms with Crippen LogP contribution < -0.4 is 20.5 Å². The van der Waals surface area contributed by atoms with Gasteiger partial charge in [0.2, 0.25) is 0 Å². The van der Waals surface area contributed by atoms with Gasteiger partial charge < -0.3 is 25.4 Å². The number of hydrogen-bond acceptors (Lipinski definition) is 6. The lowest BCUT2D eigenvalue weighted by atomic mass is 9.99. The molecule has 0 radical (unpaired) electrons. The molecule has 0 aliphatic carbocycles. The van der Waals surface area contributed by atoms with Crippen LogP contribution in [0.25, 0.3) is 5.57 Å². The zero-order valence-electron chi connectivity index (χ0n) is 18.6. The standard InChI is InChI=1S/C25H25ClFN3O4/c1-2-3-16(9-28)19-6-17(26)4-5-23(19)33-13-15-11-30(12-15)25(32)20-7-22-24(8-21(20)27)34-14-18(31)10-29-22/h2-9,15,29H,10-14,28H2,1H3/b3-2-,16-9+. The largest absolute Gasteiger partial charge is 0.493 e. The molecule has 2 aliphatic heterocycles. The first-order valence-electron chi connectivity index (χ1n) is 10.9. The number of hydrogen-bond donors (Lipinski definition) is 2. The number of allylic oxidation sites excluding steroid dienone is 3. The van der Waals surface area contributed by atoms with Gasteiger partial charge in [-0.15, -0.1) is 0 Å². The summed E-state index contributed by atoms with van der Waals surface area (Å²) in [5.74, 6) is -0.294. The molecule has 2 aliphatic rings. The van der Waals surface area contributed by atoms with Crippen molar-refractivity contribution in [3.63, 3.8) is 0 Å². The second kappa shape index (κ2) is 10.2. The number of carbonyl (C=O) groups is 2. The minimum Gasteiger partial charge on any atom is -0.493 e. The average Bonchev–Trinajstić information content (AvgIpc) is 2.97. The average molecular weight is 486 g/mol. The van der Waals surface area contributed by atoms with Gasteiger partial charge in [-0.05, 0) is 31.2 Å². The van der Waals surface area contributed by atoms with Crippen molar-refractivity contribution in [2.24, 2.45) is 11.7 Å². The topological polar surface area (TPSA) is 93.9 Å². The van der Waals surface area contributed by atoms with Crippen LogP contribution in [0.5, 0.6) is 11.5 Å². The zero-order chi connectivity index (χ0) is 24.2. The van der Waals surface area contributed by atoms with E-state index in [9.17, 15) is 14.0 Å².